The van der Waals surface area contributed by atoms with Gasteiger partial charge in [-0.2, -0.15) is 0 Å². The molecule has 1 aliphatic heterocycles. The predicted molar refractivity (Wildman–Crippen MR) is 91.7 cm³/mol. The summed E-state index contributed by atoms with van der Waals surface area (Å²) in [6, 6.07) is 0.653. The van der Waals surface area contributed by atoms with Crippen LogP contribution in [0.3, 0.4) is 0 Å². The summed E-state index contributed by atoms with van der Waals surface area (Å²) < 4.78 is 2.92. The largest absolute Gasteiger partial charge is 0.343 e. The van der Waals surface area contributed by atoms with Crippen LogP contribution >= 0.6 is 0 Å². The molecular formula is C14H35N3Si2. The standard InChI is InChI=1S/C14H35N3Si2/c1-13(2)16-11-10-15(3)14(16)12-17(18(4,5)6)19(7,8)9/h13-14H,10-12H2,1-9H3. The van der Waals surface area contributed by atoms with Crippen LogP contribution in [0.25, 0.3) is 0 Å². The molecule has 0 bridgehead atoms. The van der Waals surface area contributed by atoms with Crippen molar-refractivity contribution in [2.75, 3.05) is 26.7 Å². The molecule has 5 heteroatoms. The summed E-state index contributed by atoms with van der Waals surface area (Å²) in [4.78, 5) is 5.22. The van der Waals surface area contributed by atoms with Crippen molar-refractivity contribution in [2.45, 2.75) is 65.3 Å². The smallest absolute Gasteiger partial charge is 0.112 e. The first-order valence-electron chi connectivity index (χ1n) is 7.68. The van der Waals surface area contributed by atoms with Crippen molar-refractivity contribution in [3.63, 3.8) is 0 Å². The SMILES string of the molecule is CC(C)N1CCN(C)C1CN([Si](C)(C)C)[Si](C)(C)C. The molecule has 0 spiro atoms. The van der Waals surface area contributed by atoms with E-state index in [1.807, 2.05) is 0 Å². The second-order valence-corrected chi connectivity index (χ2v) is 18.5. The topological polar surface area (TPSA) is 9.72 Å². The molecule has 0 aromatic carbocycles. The summed E-state index contributed by atoms with van der Waals surface area (Å²) >= 11 is 0. The number of likely N-dealkylation sites (N-methyl/N-ethyl adjacent to an activating group) is 1. The minimum Gasteiger partial charge on any atom is -0.343 e. The van der Waals surface area contributed by atoms with E-state index in [0.717, 1.165) is 0 Å². The molecule has 0 aromatic rings. The molecule has 1 aliphatic rings. The minimum absolute atomic E-state index is 0.610. The second kappa shape index (κ2) is 5.97. The molecule has 0 saturated carbocycles. The quantitative estimate of drug-likeness (QED) is 0.723. The van der Waals surface area contributed by atoms with Gasteiger partial charge in [0.25, 0.3) is 0 Å². The summed E-state index contributed by atoms with van der Waals surface area (Å²) in [6.07, 6.45) is 0.610. The Bertz CT molecular complexity index is 280. The molecule has 0 aliphatic carbocycles. The van der Waals surface area contributed by atoms with Gasteiger partial charge in [0.2, 0.25) is 0 Å². The van der Waals surface area contributed by atoms with Gasteiger partial charge < -0.3 is 4.23 Å². The van der Waals surface area contributed by atoms with Gasteiger partial charge >= 0.3 is 0 Å². The van der Waals surface area contributed by atoms with Crippen LogP contribution in [0.2, 0.25) is 39.3 Å². The number of hydrogen-bond donors (Lipinski definition) is 0. The highest BCUT2D eigenvalue weighted by molar-refractivity contribution is 6.89. The highest BCUT2D eigenvalue weighted by Crippen LogP contribution is 2.24. The molecule has 1 saturated heterocycles. The number of hydrogen-bond acceptors (Lipinski definition) is 3. The van der Waals surface area contributed by atoms with E-state index in [0.29, 0.717) is 12.2 Å². The van der Waals surface area contributed by atoms with E-state index >= 15 is 0 Å². The van der Waals surface area contributed by atoms with Gasteiger partial charge in [-0.1, -0.05) is 39.3 Å². The summed E-state index contributed by atoms with van der Waals surface area (Å²) in [6.45, 7) is 23.3. The van der Waals surface area contributed by atoms with Crippen molar-refractivity contribution in [2.24, 2.45) is 0 Å². The highest BCUT2D eigenvalue weighted by Gasteiger charge is 2.40. The predicted octanol–water partition coefficient (Wildman–Crippen LogP) is 2.94. The van der Waals surface area contributed by atoms with Crippen LogP contribution in [0.4, 0.5) is 0 Å². The van der Waals surface area contributed by atoms with Gasteiger partial charge in [-0.3, -0.25) is 9.80 Å². The van der Waals surface area contributed by atoms with Crippen LogP contribution in [0.1, 0.15) is 13.8 Å². The number of nitrogens with zero attached hydrogens (tertiary/aromatic N) is 3. The lowest BCUT2D eigenvalue weighted by Gasteiger charge is -2.47. The highest BCUT2D eigenvalue weighted by atomic mass is 28.4. The summed E-state index contributed by atoms with van der Waals surface area (Å²) in [5.74, 6) is 0. The van der Waals surface area contributed by atoms with Crippen molar-refractivity contribution in [3.8, 4) is 0 Å². The Morgan fingerprint density at radius 3 is 1.84 bits per heavy atom. The molecule has 1 fully saturated rings. The lowest BCUT2D eigenvalue weighted by Crippen LogP contribution is -2.63. The molecule has 114 valence electrons. The van der Waals surface area contributed by atoms with Crippen LogP contribution in [0, 0.1) is 0 Å². The first kappa shape index (κ1) is 17.4. The van der Waals surface area contributed by atoms with Crippen LogP contribution in [0.5, 0.6) is 0 Å². The zero-order valence-electron chi connectivity index (χ0n) is 14.6. The van der Waals surface area contributed by atoms with E-state index < -0.39 is 16.5 Å². The fourth-order valence-corrected chi connectivity index (χ4v) is 12.9. The van der Waals surface area contributed by atoms with Crippen molar-refractivity contribution < 1.29 is 0 Å². The van der Waals surface area contributed by atoms with Crippen LogP contribution in [-0.4, -0.2) is 69.4 Å². The normalized spacial score (nSPS) is 23.8. The molecule has 1 rings (SSSR count). The van der Waals surface area contributed by atoms with Gasteiger partial charge in [-0.15, -0.1) is 0 Å². The molecule has 1 heterocycles. The molecule has 19 heavy (non-hydrogen) atoms. The lowest BCUT2D eigenvalue weighted by atomic mass is 10.3. The zero-order chi connectivity index (χ0) is 15.0. The van der Waals surface area contributed by atoms with Crippen molar-refractivity contribution in [1.29, 1.82) is 0 Å². The summed E-state index contributed by atoms with van der Waals surface area (Å²) in [5, 5.41) is 0. The average molecular weight is 302 g/mol. The molecule has 3 nitrogen and oxygen atoms in total. The Labute approximate surface area is 123 Å². The Hall–Kier alpha value is 0.314. The molecule has 0 amide bonds. The Morgan fingerprint density at radius 1 is 1.00 bits per heavy atom. The third-order valence-corrected chi connectivity index (χ3v) is 11.9. The molecule has 1 unspecified atom stereocenters. The summed E-state index contributed by atoms with van der Waals surface area (Å²) in [7, 11) is -0.192. The Kier molecular flexibility index (Phi) is 5.46. The van der Waals surface area contributed by atoms with E-state index in [9.17, 15) is 0 Å². The second-order valence-electron chi connectivity index (χ2n) is 8.25. The Morgan fingerprint density at radius 2 is 1.47 bits per heavy atom. The van der Waals surface area contributed by atoms with Gasteiger partial charge in [-0.05, 0) is 20.9 Å². The van der Waals surface area contributed by atoms with Gasteiger partial charge in [0.1, 0.15) is 16.5 Å². The van der Waals surface area contributed by atoms with Crippen molar-refractivity contribution >= 4 is 16.5 Å². The maximum Gasteiger partial charge on any atom is 0.112 e. The van der Waals surface area contributed by atoms with E-state index in [-0.39, 0.29) is 0 Å². The van der Waals surface area contributed by atoms with E-state index in [4.69, 9.17) is 0 Å². The molecule has 0 N–H and O–H groups in total. The van der Waals surface area contributed by atoms with Gasteiger partial charge in [0.15, 0.2) is 0 Å². The first-order chi connectivity index (χ1) is 8.44. The maximum atomic E-state index is 2.92. The average Bonchev–Trinajstić information content (AvgIpc) is 2.52. The van der Waals surface area contributed by atoms with Gasteiger partial charge in [-0.25, -0.2) is 0 Å². The molecule has 0 aromatic heterocycles. The fourth-order valence-electron chi connectivity index (χ4n) is 3.39. The zero-order valence-corrected chi connectivity index (χ0v) is 16.6. The molecule has 0 radical (unpaired) electrons. The molecule has 1 atom stereocenters. The Balaban J connectivity index is 2.89. The van der Waals surface area contributed by atoms with Crippen LogP contribution in [-0.2, 0) is 0 Å². The summed E-state index contributed by atoms with van der Waals surface area (Å²) in [5.41, 5.74) is 0. The first-order valence-corrected chi connectivity index (χ1v) is 14.6. The van der Waals surface area contributed by atoms with Gasteiger partial charge in [0.05, 0.1) is 6.17 Å². The maximum absolute atomic E-state index is 2.92. The monoisotopic (exact) mass is 301 g/mol. The van der Waals surface area contributed by atoms with Crippen LogP contribution < -0.4 is 0 Å². The van der Waals surface area contributed by atoms with Crippen molar-refractivity contribution in [3.05, 3.63) is 0 Å². The van der Waals surface area contributed by atoms with Crippen LogP contribution in [0.15, 0.2) is 0 Å². The van der Waals surface area contributed by atoms with E-state index in [1.54, 1.807) is 0 Å². The number of rotatable bonds is 5. The lowest BCUT2D eigenvalue weighted by molar-refractivity contribution is 0.117. The van der Waals surface area contributed by atoms with Gasteiger partial charge in [0, 0.05) is 25.7 Å². The van der Waals surface area contributed by atoms with Crippen molar-refractivity contribution in [1.82, 2.24) is 14.0 Å². The van der Waals surface area contributed by atoms with E-state index in [1.165, 1.54) is 19.6 Å². The minimum atomic E-state index is -1.24. The van der Waals surface area contributed by atoms with E-state index in [2.05, 4.69) is 74.2 Å². The third kappa shape index (κ3) is 4.39. The molecular weight excluding hydrogens is 266 g/mol. The fraction of sp³-hybridized carbons (Fsp3) is 1.00. The third-order valence-electron chi connectivity index (χ3n) is 4.23.